The van der Waals surface area contributed by atoms with Gasteiger partial charge in [0.2, 0.25) is 11.7 Å². The Morgan fingerprint density at radius 3 is 2.20 bits per heavy atom. The number of hydrogen-bond acceptors (Lipinski definition) is 5. The summed E-state index contributed by atoms with van der Waals surface area (Å²) in [5.41, 5.74) is 3.37. The number of carbonyl (C=O) groups is 2. The molecule has 3 aromatic rings. The van der Waals surface area contributed by atoms with Crippen LogP contribution in [0.15, 0.2) is 48.5 Å². The van der Waals surface area contributed by atoms with Gasteiger partial charge in [0.25, 0.3) is 0 Å². The average molecular weight is 476 g/mol. The van der Waals surface area contributed by atoms with E-state index in [-0.39, 0.29) is 17.6 Å². The molecule has 1 amide bonds. The maximum atomic E-state index is 13.4. The first kappa shape index (κ1) is 26.3. The standard InChI is InChI=1S/C28H37N5O2/c1-7-8-13-24(34)33(25(19(2)3)26(35)28(4,5)6)18-20-14-16-21(17-15-20)22-11-9-10-12-23(22)27-29-31-32-30-27/h9-12,14-17,19,25H,7-8,13,18H2,1-6H3,(H,29,30,31,32)/t25-/m0/s1. The Morgan fingerprint density at radius 2 is 1.66 bits per heavy atom. The maximum absolute atomic E-state index is 13.4. The van der Waals surface area contributed by atoms with E-state index >= 15 is 0 Å². The summed E-state index contributed by atoms with van der Waals surface area (Å²) >= 11 is 0. The number of unbranched alkanes of at least 4 members (excludes halogenated alkanes) is 1. The minimum absolute atomic E-state index is 0.0217. The van der Waals surface area contributed by atoms with Crippen molar-refractivity contribution in [3.8, 4) is 22.5 Å². The smallest absolute Gasteiger partial charge is 0.223 e. The summed E-state index contributed by atoms with van der Waals surface area (Å²) in [5.74, 6) is 0.698. The first-order valence-corrected chi connectivity index (χ1v) is 12.4. The van der Waals surface area contributed by atoms with E-state index in [0.29, 0.717) is 18.8 Å². The van der Waals surface area contributed by atoms with E-state index in [0.717, 1.165) is 35.1 Å². The van der Waals surface area contributed by atoms with E-state index < -0.39 is 11.5 Å². The van der Waals surface area contributed by atoms with E-state index in [9.17, 15) is 9.59 Å². The molecule has 0 aliphatic heterocycles. The molecule has 1 heterocycles. The highest BCUT2D eigenvalue weighted by atomic mass is 16.2. The molecule has 0 radical (unpaired) electrons. The molecule has 7 nitrogen and oxygen atoms in total. The van der Waals surface area contributed by atoms with Crippen LogP contribution in [0.3, 0.4) is 0 Å². The monoisotopic (exact) mass is 475 g/mol. The number of tetrazole rings is 1. The predicted octanol–water partition coefficient (Wildman–Crippen LogP) is 5.69. The number of nitrogens with one attached hydrogen (secondary N) is 1. The topological polar surface area (TPSA) is 91.8 Å². The van der Waals surface area contributed by atoms with Gasteiger partial charge in [0.05, 0.1) is 6.04 Å². The molecule has 186 valence electrons. The van der Waals surface area contributed by atoms with Gasteiger partial charge in [-0.15, -0.1) is 10.2 Å². The molecule has 35 heavy (non-hydrogen) atoms. The van der Waals surface area contributed by atoms with Gasteiger partial charge in [-0.1, -0.05) is 96.5 Å². The van der Waals surface area contributed by atoms with Crippen LogP contribution in [0.25, 0.3) is 22.5 Å². The van der Waals surface area contributed by atoms with Crippen LogP contribution in [0.5, 0.6) is 0 Å². The average Bonchev–Trinajstić information content (AvgIpc) is 3.36. The third kappa shape index (κ3) is 6.41. The molecule has 1 aromatic heterocycles. The van der Waals surface area contributed by atoms with Crippen molar-refractivity contribution >= 4 is 11.7 Å². The third-order valence-electron chi connectivity index (χ3n) is 6.17. The minimum atomic E-state index is -0.527. The predicted molar refractivity (Wildman–Crippen MR) is 138 cm³/mol. The third-order valence-corrected chi connectivity index (χ3v) is 6.17. The van der Waals surface area contributed by atoms with Gasteiger partial charge in [-0.25, -0.2) is 0 Å². The van der Waals surface area contributed by atoms with Crippen molar-refractivity contribution in [3.63, 3.8) is 0 Å². The van der Waals surface area contributed by atoms with Gasteiger partial charge in [0.1, 0.15) is 0 Å². The molecule has 0 fully saturated rings. The van der Waals surface area contributed by atoms with Gasteiger partial charge in [-0.3, -0.25) is 9.59 Å². The fourth-order valence-electron chi connectivity index (χ4n) is 4.25. The normalized spacial score (nSPS) is 12.5. The zero-order chi connectivity index (χ0) is 25.6. The zero-order valence-electron chi connectivity index (χ0n) is 21.7. The van der Waals surface area contributed by atoms with Crippen LogP contribution in [0.2, 0.25) is 0 Å². The molecule has 0 unspecified atom stereocenters. The molecule has 0 saturated heterocycles. The largest absolute Gasteiger partial charge is 0.328 e. The summed E-state index contributed by atoms with van der Waals surface area (Å²) in [6, 6.07) is 15.6. The molecule has 3 rings (SSSR count). The number of benzene rings is 2. The van der Waals surface area contributed by atoms with Crippen molar-refractivity contribution < 1.29 is 9.59 Å². The zero-order valence-corrected chi connectivity index (χ0v) is 21.7. The lowest BCUT2D eigenvalue weighted by molar-refractivity contribution is -0.145. The van der Waals surface area contributed by atoms with E-state index in [1.807, 2.05) is 83.1 Å². The first-order chi connectivity index (χ1) is 16.6. The Labute approximate surface area is 208 Å². The number of Topliss-reactive ketones (excluding diaryl/α,β-unsaturated/α-hetero) is 1. The van der Waals surface area contributed by atoms with Gasteiger partial charge in [0, 0.05) is 23.9 Å². The number of hydrogen-bond donors (Lipinski definition) is 1. The van der Waals surface area contributed by atoms with Crippen LogP contribution in [0.1, 0.15) is 66.4 Å². The van der Waals surface area contributed by atoms with Gasteiger partial charge in [-0.05, 0) is 34.2 Å². The fraction of sp³-hybridized carbons (Fsp3) is 0.464. The molecule has 1 N–H and O–H groups in total. The van der Waals surface area contributed by atoms with Crippen LogP contribution in [-0.4, -0.2) is 43.3 Å². The second-order valence-electron chi connectivity index (χ2n) is 10.4. The minimum Gasteiger partial charge on any atom is -0.328 e. The Kier molecular flexibility index (Phi) is 8.54. The number of rotatable bonds is 10. The van der Waals surface area contributed by atoms with Crippen LogP contribution < -0.4 is 0 Å². The highest BCUT2D eigenvalue weighted by Gasteiger charge is 2.37. The summed E-state index contributed by atoms with van der Waals surface area (Å²) in [6.45, 7) is 12.3. The van der Waals surface area contributed by atoms with Crippen molar-refractivity contribution in [1.29, 1.82) is 0 Å². The van der Waals surface area contributed by atoms with Crippen LogP contribution >= 0.6 is 0 Å². The van der Waals surface area contributed by atoms with Gasteiger partial charge < -0.3 is 4.90 Å². The quantitative estimate of drug-likeness (QED) is 0.406. The number of carbonyl (C=O) groups excluding carboxylic acids is 2. The lowest BCUT2D eigenvalue weighted by atomic mass is 9.81. The van der Waals surface area contributed by atoms with E-state index in [1.54, 1.807) is 4.90 Å². The van der Waals surface area contributed by atoms with Crippen molar-refractivity contribution in [2.75, 3.05) is 0 Å². The van der Waals surface area contributed by atoms with Crippen molar-refractivity contribution in [3.05, 3.63) is 54.1 Å². The maximum Gasteiger partial charge on any atom is 0.223 e. The number of aromatic nitrogens is 4. The van der Waals surface area contributed by atoms with Crippen LogP contribution in [0, 0.1) is 11.3 Å². The molecule has 2 aromatic carbocycles. The molecular weight excluding hydrogens is 438 g/mol. The second kappa shape index (κ2) is 11.4. The summed E-state index contributed by atoms with van der Waals surface area (Å²) in [4.78, 5) is 28.5. The fourth-order valence-corrected chi connectivity index (χ4v) is 4.25. The van der Waals surface area contributed by atoms with E-state index in [2.05, 4.69) is 27.5 Å². The molecule has 0 spiro atoms. The Hall–Kier alpha value is -3.35. The van der Waals surface area contributed by atoms with Crippen LogP contribution in [0.4, 0.5) is 0 Å². The SMILES string of the molecule is CCCCC(=O)N(Cc1ccc(-c2ccccc2-c2nn[nH]n2)cc1)[C@H](C(=O)C(C)(C)C)C(C)C. The summed E-state index contributed by atoms with van der Waals surface area (Å²) in [6.07, 6.45) is 2.20. The summed E-state index contributed by atoms with van der Waals surface area (Å²) < 4.78 is 0. The number of nitrogens with zero attached hydrogens (tertiary/aromatic N) is 4. The molecule has 1 atom stereocenters. The number of amides is 1. The van der Waals surface area contributed by atoms with Crippen molar-refractivity contribution in [1.82, 2.24) is 25.5 Å². The molecule has 0 bridgehead atoms. The van der Waals surface area contributed by atoms with Crippen LogP contribution in [-0.2, 0) is 16.1 Å². The number of H-pyrrole nitrogens is 1. The highest BCUT2D eigenvalue weighted by Crippen LogP contribution is 2.31. The Bertz CT molecular complexity index is 1120. The number of aromatic amines is 1. The second-order valence-corrected chi connectivity index (χ2v) is 10.4. The van der Waals surface area contributed by atoms with Crippen molar-refractivity contribution in [2.24, 2.45) is 11.3 Å². The molecular formula is C28H37N5O2. The lowest BCUT2D eigenvalue weighted by Gasteiger charge is -2.37. The number of ketones is 1. The molecule has 0 aliphatic carbocycles. The summed E-state index contributed by atoms with van der Waals surface area (Å²) in [5, 5.41) is 14.4. The summed E-state index contributed by atoms with van der Waals surface area (Å²) in [7, 11) is 0. The van der Waals surface area contributed by atoms with Gasteiger partial charge in [-0.2, -0.15) is 5.21 Å². The first-order valence-electron chi connectivity index (χ1n) is 12.4. The Balaban J connectivity index is 1.92. The molecule has 0 saturated carbocycles. The van der Waals surface area contributed by atoms with Gasteiger partial charge in [0.15, 0.2) is 5.78 Å². The van der Waals surface area contributed by atoms with E-state index in [4.69, 9.17) is 0 Å². The highest BCUT2D eigenvalue weighted by molar-refractivity contribution is 5.92. The van der Waals surface area contributed by atoms with E-state index in [1.165, 1.54) is 0 Å². The molecule has 7 heteroatoms. The van der Waals surface area contributed by atoms with Gasteiger partial charge >= 0.3 is 0 Å². The lowest BCUT2D eigenvalue weighted by Crippen LogP contribution is -2.51. The molecule has 0 aliphatic rings. The Morgan fingerprint density at radius 1 is 1.00 bits per heavy atom. The van der Waals surface area contributed by atoms with Crippen molar-refractivity contribution in [2.45, 2.75) is 73.4 Å².